The monoisotopic (exact) mass is 454 g/mol. The summed E-state index contributed by atoms with van der Waals surface area (Å²) in [6, 6.07) is 15.0. The molecular weight excluding hydrogens is 420 g/mol. The Balaban J connectivity index is 1.26. The van der Waals surface area contributed by atoms with Crippen molar-refractivity contribution in [3.05, 3.63) is 70.9 Å². The lowest BCUT2D eigenvalue weighted by molar-refractivity contribution is 0.183. The van der Waals surface area contributed by atoms with Crippen LogP contribution < -0.4 is 10.5 Å². The summed E-state index contributed by atoms with van der Waals surface area (Å²) in [4.78, 5) is 11.7. The molecule has 1 fully saturated rings. The van der Waals surface area contributed by atoms with Crippen LogP contribution >= 0.6 is 0 Å². The molecule has 2 aromatic heterocycles. The molecule has 0 unspecified atom stereocenters. The molecule has 34 heavy (non-hydrogen) atoms. The molecular formula is C29H34N4O. The van der Waals surface area contributed by atoms with E-state index in [0.717, 1.165) is 53.5 Å². The lowest BCUT2D eigenvalue weighted by atomic mass is 9.99. The molecule has 0 spiro atoms. The number of ether oxygens (including phenoxy) is 1. The fourth-order valence-electron chi connectivity index (χ4n) is 4.99. The number of benzene rings is 2. The van der Waals surface area contributed by atoms with Gasteiger partial charge in [-0.1, -0.05) is 24.6 Å². The number of nitrogen functional groups attached to an aromatic ring is 1. The Labute approximate surface area is 202 Å². The van der Waals surface area contributed by atoms with Crippen molar-refractivity contribution < 1.29 is 4.74 Å². The van der Waals surface area contributed by atoms with Gasteiger partial charge in [-0.2, -0.15) is 0 Å². The van der Waals surface area contributed by atoms with Gasteiger partial charge in [0.2, 0.25) is 0 Å². The average molecular weight is 455 g/mol. The van der Waals surface area contributed by atoms with Crippen molar-refractivity contribution in [2.45, 2.75) is 46.0 Å². The zero-order valence-corrected chi connectivity index (χ0v) is 20.3. The van der Waals surface area contributed by atoms with Gasteiger partial charge in [-0.15, -0.1) is 0 Å². The Hall–Kier alpha value is -3.18. The maximum absolute atomic E-state index is 6.21. The Bertz CT molecular complexity index is 1310. The molecule has 0 atom stereocenters. The number of likely N-dealkylation sites (tertiary alicyclic amines) is 1. The predicted molar refractivity (Wildman–Crippen MR) is 141 cm³/mol. The van der Waals surface area contributed by atoms with Gasteiger partial charge in [0.15, 0.2) is 5.82 Å². The number of nitrogens with zero attached hydrogens (tertiary/aromatic N) is 3. The number of hydrogen-bond donors (Lipinski definition) is 1. The Morgan fingerprint density at radius 3 is 2.62 bits per heavy atom. The summed E-state index contributed by atoms with van der Waals surface area (Å²) in [5, 5.41) is 2.18. The molecule has 0 bridgehead atoms. The number of rotatable bonds is 7. The fourth-order valence-corrected chi connectivity index (χ4v) is 4.99. The Morgan fingerprint density at radius 1 is 0.941 bits per heavy atom. The molecule has 1 aliphatic rings. The van der Waals surface area contributed by atoms with E-state index < -0.39 is 0 Å². The van der Waals surface area contributed by atoms with Gasteiger partial charge in [0, 0.05) is 23.5 Å². The summed E-state index contributed by atoms with van der Waals surface area (Å²) >= 11 is 0. The van der Waals surface area contributed by atoms with Crippen LogP contribution in [0.5, 0.6) is 5.75 Å². The minimum atomic E-state index is 0.492. The minimum absolute atomic E-state index is 0.492. The van der Waals surface area contributed by atoms with Crippen molar-refractivity contribution in [2.24, 2.45) is 0 Å². The normalized spacial score (nSPS) is 14.6. The maximum atomic E-state index is 6.21. The Kier molecular flexibility index (Phi) is 6.63. The van der Waals surface area contributed by atoms with E-state index in [9.17, 15) is 0 Å². The molecule has 0 aliphatic carbocycles. The third-order valence-corrected chi connectivity index (χ3v) is 6.99. The summed E-state index contributed by atoms with van der Waals surface area (Å²) in [7, 11) is 0. The van der Waals surface area contributed by atoms with E-state index in [1.807, 2.05) is 6.20 Å². The lowest BCUT2D eigenvalue weighted by Gasteiger charge is -2.26. The molecule has 0 amide bonds. The van der Waals surface area contributed by atoms with Crippen LogP contribution in [0.25, 0.3) is 21.8 Å². The molecule has 4 aromatic rings. The summed E-state index contributed by atoms with van der Waals surface area (Å²) in [6.45, 7) is 8.45. The topological polar surface area (TPSA) is 64.3 Å². The zero-order chi connectivity index (χ0) is 23.5. The largest absolute Gasteiger partial charge is 0.492 e. The highest BCUT2D eigenvalue weighted by atomic mass is 16.5. The molecule has 5 nitrogen and oxygen atoms in total. The van der Waals surface area contributed by atoms with Gasteiger partial charge >= 0.3 is 0 Å². The van der Waals surface area contributed by atoms with Crippen LogP contribution in [0.2, 0.25) is 0 Å². The van der Waals surface area contributed by atoms with Crippen molar-refractivity contribution in [2.75, 3.05) is 32.0 Å². The highest BCUT2D eigenvalue weighted by molar-refractivity contribution is 6.08. The predicted octanol–water partition coefficient (Wildman–Crippen LogP) is 5.63. The van der Waals surface area contributed by atoms with Crippen LogP contribution in [0.1, 0.15) is 41.5 Å². The maximum Gasteiger partial charge on any atom is 0.150 e. The number of fused-ring (bicyclic) bond motifs is 3. The fraction of sp³-hybridized carbons (Fsp3) is 0.379. The molecule has 5 rings (SSSR count). The summed E-state index contributed by atoms with van der Waals surface area (Å²) in [6.07, 6.45) is 7.84. The first-order valence-electron chi connectivity index (χ1n) is 12.5. The Morgan fingerprint density at radius 2 is 1.79 bits per heavy atom. The van der Waals surface area contributed by atoms with Gasteiger partial charge in [-0.05, 0) is 99.1 Å². The number of aryl methyl sites for hydroxylation is 4. The molecule has 1 aliphatic heterocycles. The van der Waals surface area contributed by atoms with Gasteiger partial charge < -0.3 is 10.5 Å². The van der Waals surface area contributed by atoms with Gasteiger partial charge in [0.05, 0.1) is 5.52 Å². The summed E-state index contributed by atoms with van der Waals surface area (Å²) in [5.74, 6) is 1.46. The van der Waals surface area contributed by atoms with Crippen molar-refractivity contribution in [3.8, 4) is 5.75 Å². The molecule has 2 N–H and O–H groups in total. The SMILES string of the molecule is Cc1ccc2c(c1)nc(N)c1ncc(CCc3ccc(OCCN4CCCCC4)cc3C)cc12. The molecule has 5 heteroatoms. The quantitative estimate of drug-likeness (QED) is 0.367. The second kappa shape index (κ2) is 9.98. The van der Waals surface area contributed by atoms with Crippen LogP contribution in [0.3, 0.4) is 0 Å². The highest BCUT2D eigenvalue weighted by Crippen LogP contribution is 2.28. The van der Waals surface area contributed by atoms with Crippen molar-refractivity contribution in [1.29, 1.82) is 0 Å². The molecule has 176 valence electrons. The van der Waals surface area contributed by atoms with E-state index in [2.05, 4.69) is 71.2 Å². The van der Waals surface area contributed by atoms with Crippen LogP contribution in [-0.2, 0) is 12.8 Å². The first-order valence-corrected chi connectivity index (χ1v) is 12.5. The van der Waals surface area contributed by atoms with E-state index in [0.29, 0.717) is 5.82 Å². The van der Waals surface area contributed by atoms with Crippen LogP contribution in [0, 0.1) is 13.8 Å². The van der Waals surface area contributed by atoms with Crippen molar-refractivity contribution in [1.82, 2.24) is 14.9 Å². The second-order valence-electron chi connectivity index (χ2n) is 9.60. The standard InChI is InChI=1S/C29H34N4O/c1-20-6-11-25-26-18-22(19-31-28(26)29(30)32-27(25)16-20)7-8-23-9-10-24(17-21(23)2)34-15-14-33-12-4-3-5-13-33/h6,9-11,16-19H,3-5,7-8,12-15H2,1-2H3,(H2,30,32). The molecule has 2 aromatic carbocycles. The van der Waals surface area contributed by atoms with E-state index in [4.69, 9.17) is 10.5 Å². The third-order valence-electron chi connectivity index (χ3n) is 6.99. The minimum Gasteiger partial charge on any atom is -0.492 e. The zero-order valence-electron chi connectivity index (χ0n) is 20.3. The smallest absolute Gasteiger partial charge is 0.150 e. The summed E-state index contributed by atoms with van der Waals surface area (Å²) in [5.41, 5.74) is 12.9. The molecule has 1 saturated heterocycles. The number of pyridine rings is 2. The summed E-state index contributed by atoms with van der Waals surface area (Å²) < 4.78 is 6.05. The van der Waals surface area contributed by atoms with Gasteiger partial charge in [0.1, 0.15) is 17.9 Å². The highest BCUT2D eigenvalue weighted by Gasteiger charge is 2.11. The van der Waals surface area contributed by atoms with Crippen LogP contribution in [0.15, 0.2) is 48.7 Å². The number of piperidine rings is 1. The second-order valence-corrected chi connectivity index (χ2v) is 9.60. The van der Waals surface area contributed by atoms with E-state index in [1.54, 1.807) is 0 Å². The van der Waals surface area contributed by atoms with E-state index in [-0.39, 0.29) is 0 Å². The van der Waals surface area contributed by atoms with E-state index >= 15 is 0 Å². The van der Waals surface area contributed by atoms with Crippen molar-refractivity contribution >= 4 is 27.6 Å². The first-order chi connectivity index (χ1) is 16.6. The van der Waals surface area contributed by atoms with Crippen molar-refractivity contribution in [3.63, 3.8) is 0 Å². The number of aromatic nitrogens is 2. The van der Waals surface area contributed by atoms with Gasteiger partial charge in [0.25, 0.3) is 0 Å². The van der Waals surface area contributed by atoms with Crippen LogP contribution in [0.4, 0.5) is 5.82 Å². The van der Waals surface area contributed by atoms with E-state index in [1.165, 1.54) is 54.6 Å². The first kappa shape index (κ1) is 22.6. The van der Waals surface area contributed by atoms with Crippen LogP contribution in [-0.4, -0.2) is 41.1 Å². The average Bonchev–Trinajstić information content (AvgIpc) is 2.84. The van der Waals surface area contributed by atoms with Gasteiger partial charge in [-0.3, -0.25) is 9.88 Å². The number of nitrogens with two attached hydrogens (primary N) is 1. The molecule has 0 saturated carbocycles. The number of hydrogen-bond acceptors (Lipinski definition) is 5. The molecule has 3 heterocycles. The third kappa shape index (κ3) is 5.00. The molecule has 0 radical (unpaired) electrons. The number of anilines is 1. The van der Waals surface area contributed by atoms with Gasteiger partial charge in [-0.25, -0.2) is 4.98 Å². The lowest BCUT2D eigenvalue weighted by Crippen LogP contribution is -2.33.